The largest absolute Gasteiger partial charge is 0.493 e. The molecule has 0 saturated carbocycles. The lowest BCUT2D eigenvalue weighted by molar-refractivity contribution is 0.268. The van der Waals surface area contributed by atoms with Crippen LogP contribution in [0.3, 0.4) is 0 Å². The van der Waals surface area contributed by atoms with E-state index < -0.39 is 0 Å². The summed E-state index contributed by atoms with van der Waals surface area (Å²) in [5.41, 5.74) is 7.72. The highest BCUT2D eigenvalue weighted by molar-refractivity contribution is 5.98. The Hall–Kier alpha value is -1.75. The molecule has 1 heterocycles. The molecule has 0 bridgehead atoms. The summed E-state index contributed by atoms with van der Waals surface area (Å²) in [7, 11) is 5.76. The van der Waals surface area contributed by atoms with Crippen LogP contribution in [-0.4, -0.2) is 45.1 Å². The number of rotatable bonds is 6. The standard InChI is InChI=1S/C16H25N3O2/c1-16(2)11-9-13(20-5)14(10-12(11)18-15(16)17)21-8-6-7-19(3)4/h9-10H,6-8H2,1-5H3,(H2,17,18). The van der Waals surface area contributed by atoms with Crippen molar-refractivity contribution in [2.24, 2.45) is 10.7 Å². The molecule has 0 spiro atoms. The molecule has 0 amide bonds. The van der Waals surface area contributed by atoms with Crippen LogP contribution in [0.4, 0.5) is 5.69 Å². The van der Waals surface area contributed by atoms with Gasteiger partial charge in [-0.15, -0.1) is 0 Å². The van der Waals surface area contributed by atoms with E-state index >= 15 is 0 Å². The molecule has 1 aliphatic rings. The molecule has 5 heteroatoms. The van der Waals surface area contributed by atoms with Crippen molar-refractivity contribution in [3.63, 3.8) is 0 Å². The molecule has 0 aliphatic carbocycles. The van der Waals surface area contributed by atoms with Crippen LogP contribution in [0.1, 0.15) is 25.8 Å². The van der Waals surface area contributed by atoms with Crippen LogP contribution < -0.4 is 15.2 Å². The first kappa shape index (κ1) is 15.6. The maximum absolute atomic E-state index is 6.02. The zero-order valence-electron chi connectivity index (χ0n) is 13.6. The molecule has 2 N–H and O–H groups in total. The fourth-order valence-electron chi connectivity index (χ4n) is 2.39. The number of methoxy groups -OCH3 is 1. The second-order valence-electron chi connectivity index (χ2n) is 6.15. The summed E-state index contributed by atoms with van der Waals surface area (Å²) >= 11 is 0. The number of hydrogen-bond acceptors (Lipinski definition) is 5. The average molecular weight is 291 g/mol. The maximum Gasteiger partial charge on any atom is 0.163 e. The van der Waals surface area contributed by atoms with Gasteiger partial charge in [0.05, 0.1) is 19.4 Å². The van der Waals surface area contributed by atoms with E-state index in [0.717, 1.165) is 35.7 Å². The Morgan fingerprint density at radius 2 is 1.95 bits per heavy atom. The molecule has 1 aromatic carbocycles. The lowest BCUT2D eigenvalue weighted by Gasteiger charge is -2.20. The maximum atomic E-state index is 6.02. The molecule has 5 nitrogen and oxygen atoms in total. The molecular weight excluding hydrogens is 266 g/mol. The number of amidine groups is 1. The van der Waals surface area contributed by atoms with Crippen LogP contribution in [0.15, 0.2) is 17.1 Å². The van der Waals surface area contributed by atoms with E-state index in [0.29, 0.717) is 12.4 Å². The molecule has 21 heavy (non-hydrogen) atoms. The number of nitrogens with zero attached hydrogens (tertiary/aromatic N) is 2. The minimum absolute atomic E-state index is 0.258. The summed E-state index contributed by atoms with van der Waals surface area (Å²) in [6.07, 6.45) is 0.962. The van der Waals surface area contributed by atoms with Gasteiger partial charge in [0, 0.05) is 18.0 Å². The summed E-state index contributed by atoms with van der Waals surface area (Å²) in [6.45, 7) is 5.77. The molecule has 0 atom stereocenters. The quantitative estimate of drug-likeness (QED) is 0.817. The van der Waals surface area contributed by atoms with Crippen molar-refractivity contribution in [2.45, 2.75) is 25.7 Å². The van der Waals surface area contributed by atoms with Gasteiger partial charge in [0.2, 0.25) is 0 Å². The van der Waals surface area contributed by atoms with Crippen molar-refractivity contribution in [1.82, 2.24) is 4.90 Å². The highest BCUT2D eigenvalue weighted by atomic mass is 16.5. The fourth-order valence-corrected chi connectivity index (χ4v) is 2.39. The third-order valence-electron chi connectivity index (χ3n) is 3.84. The molecule has 1 aromatic rings. The van der Waals surface area contributed by atoms with Crippen molar-refractivity contribution >= 4 is 11.5 Å². The van der Waals surface area contributed by atoms with Crippen molar-refractivity contribution < 1.29 is 9.47 Å². The van der Waals surface area contributed by atoms with Crippen molar-refractivity contribution in [3.8, 4) is 11.5 Å². The Balaban J connectivity index is 2.18. The van der Waals surface area contributed by atoms with Gasteiger partial charge in [0.15, 0.2) is 11.5 Å². The van der Waals surface area contributed by atoms with Crippen LogP contribution in [0.5, 0.6) is 11.5 Å². The van der Waals surface area contributed by atoms with Crippen molar-refractivity contribution in [2.75, 3.05) is 34.4 Å². The second-order valence-corrected chi connectivity index (χ2v) is 6.15. The van der Waals surface area contributed by atoms with E-state index in [4.69, 9.17) is 15.2 Å². The lowest BCUT2D eigenvalue weighted by atomic mass is 9.85. The smallest absolute Gasteiger partial charge is 0.163 e. The molecule has 116 valence electrons. The first-order valence-corrected chi connectivity index (χ1v) is 7.21. The Morgan fingerprint density at radius 1 is 1.24 bits per heavy atom. The number of fused-ring (bicyclic) bond motifs is 1. The van der Waals surface area contributed by atoms with Gasteiger partial charge in [0.25, 0.3) is 0 Å². The average Bonchev–Trinajstić information content (AvgIpc) is 2.64. The SMILES string of the molecule is COc1cc2c(cc1OCCCN(C)C)N=C(N)C2(C)C. The normalized spacial score (nSPS) is 15.8. The minimum Gasteiger partial charge on any atom is -0.493 e. The number of nitrogens with two attached hydrogens (primary N) is 1. The van der Waals surface area contributed by atoms with Gasteiger partial charge in [-0.1, -0.05) is 0 Å². The number of ether oxygens (including phenoxy) is 2. The molecule has 2 rings (SSSR count). The predicted molar refractivity (Wildman–Crippen MR) is 86.0 cm³/mol. The Kier molecular flexibility index (Phi) is 4.42. The Labute approximate surface area is 126 Å². The van der Waals surface area contributed by atoms with E-state index in [1.165, 1.54) is 0 Å². The Bertz CT molecular complexity index is 551. The van der Waals surface area contributed by atoms with Gasteiger partial charge in [-0.3, -0.25) is 0 Å². The monoisotopic (exact) mass is 291 g/mol. The van der Waals surface area contributed by atoms with Gasteiger partial charge in [-0.05, 0) is 46.0 Å². The third kappa shape index (κ3) is 3.13. The van der Waals surface area contributed by atoms with Crippen LogP contribution in [0.25, 0.3) is 0 Å². The molecule has 0 saturated heterocycles. The summed E-state index contributed by atoms with van der Waals surface area (Å²) in [4.78, 5) is 6.58. The number of hydrogen-bond donors (Lipinski definition) is 1. The van der Waals surface area contributed by atoms with E-state index in [-0.39, 0.29) is 5.41 Å². The van der Waals surface area contributed by atoms with Crippen LogP contribution in [0, 0.1) is 0 Å². The second kappa shape index (κ2) is 5.93. The van der Waals surface area contributed by atoms with Crippen LogP contribution >= 0.6 is 0 Å². The molecule has 0 aromatic heterocycles. The fraction of sp³-hybridized carbons (Fsp3) is 0.562. The predicted octanol–water partition coefficient (Wildman–Crippen LogP) is 2.31. The molecule has 1 aliphatic heterocycles. The van der Waals surface area contributed by atoms with Gasteiger partial charge < -0.3 is 20.1 Å². The van der Waals surface area contributed by atoms with Crippen molar-refractivity contribution in [3.05, 3.63) is 17.7 Å². The topological polar surface area (TPSA) is 60.1 Å². The Morgan fingerprint density at radius 3 is 2.57 bits per heavy atom. The summed E-state index contributed by atoms with van der Waals surface area (Å²) in [6, 6.07) is 3.91. The minimum atomic E-state index is -0.258. The van der Waals surface area contributed by atoms with Gasteiger partial charge >= 0.3 is 0 Å². The molecular formula is C16H25N3O2. The summed E-state index contributed by atoms with van der Waals surface area (Å²) < 4.78 is 11.3. The van der Waals surface area contributed by atoms with Gasteiger partial charge in [-0.25, -0.2) is 4.99 Å². The zero-order chi connectivity index (χ0) is 15.6. The highest BCUT2D eigenvalue weighted by Crippen LogP contribution is 2.44. The van der Waals surface area contributed by atoms with Gasteiger partial charge in [-0.2, -0.15) is 0 Å². The molecule has 0 radical (unpaired) electrons. The van der Waals surface area contributed by atoms with Crippen LogP contribution in [0.2, 0.25) is 0 Å². The van der Waals surface area contributed by atoms with E-state index in [9.17, 15) is 0 Å². The van der Waals surface area contributed by atoms with Crippen LogP contribution in [-0.2, 0) is 5.41 Å². The van der Waals surface area contributed by atoms with E-state index in [1.807, 2.05) is 12.1 Å². The molecule has 0 unspecified atom stereocenters. The first-order chi connectivity index (χ1) is 9.86. The van der Waals surface area contributed by atoms with Crippen molar-refractivity contribution in [1.29, 1.82) is 0 Å². The number of benzene rings is 1. The van der Waals surface area contributed by atoms with E-state index in [2.05, 4.69) is 37.8 Å². The van der Waals surface area contributed by atoms with Gasteiger partial charge in [0.1, 0.15) is 5.84 Å². The number of aliphatic imine (C=N–C) groups is 1. The van der Waals surface area contributed by atoms with E-state index in [1.54, 1.807) is 7.11 Å². The summed E-state index contributed by atoms with van der Waals surface area (Å²) in [5.74, 6) is 2.09. The zero-order valence-corrected chi connectivity index (χ0v) is 13.6. The first-order valence-electron chi connectivity index (χ1n) is 7.21. The highest BCUT2D eigenvalue weighted by Gasteiger charge is 2.34. The lowest BCUT2D eigenvalue weighted by Crippen LogP contribution is -2.32. The third-order valence-corrected chi connectivity index (χ3v) is 3.84. The summed E-state index contributed by atoms with van der Waals surface area (Å²) in [5, 5.41) is 0. The molecule has 0 fully saturated rings.